The van der Waals surface area contributed by atoms with E-state index < -0.39 is 5.97 Å². The smallest absolute Gasteiger partial charge is 0.347 e. The van der Waals surface area contributed by atoms with Crippen LogP contribution >= 0.6 is 11.3 Å². The van der Waals surface area contributed by atoms with Crippen molar-refractivity contribution in [3.63, 3.8) is 0 Å². The zero-order valence-corrected chi connectivity index (χ0v) is 14.2. The van der Waals surface area contributed by atoms with Crippen LogP contribution in [-0.4, -0.2) is 16.1 Å². The van der Waals surface area contributed by atoms with E-state index in [0.717, 1.165) is 17.2 Å². The van der Waals surface area contributed by atoms with Crippen molar-refractivity contribution < 1.29 is 9.90 Å². The molecule has 0 bridgehead atoms. The highest BCUT2D eigenvalue weighted by atomic mass is 32.1. The number of carboxylic acids is 1. The summed E-state index contributed by atoms with van der Waals surface area (Å²) in [5.74, 6) is -0.912. The van der Waals surface area contributed by atoms with Crippen LogP contribution in [-0.2, 0) is 13.1 Å². The maximum Gasteiger partial charge on any atom is 0.347 e. The van der Waals surface area contributed by atoms with Crippen molar-refractivity contribution in [1.29, 1.82) is 0 Å². The Morgan fingerprint density at radius 3 is 2.25 bits per heavy atom. The Kier molecular flexibility index (Phi) is 4.91. The number of rotatable bonds is 6. The molecule has 3 rings (SSSR count). The van der Waals surface area contributed by atoms with Crippen LogP contribution < -0.4 is 4.90 Å². The minimum Gasteiger partial charge on any atom is -0.477 e. The highest BCUT2D eigenvalue weighted by molar-refractivity contribution is 7.13. The van der Waals surface area contributed by atoms with Gasteiger partial charge in [0.05, 0.1) is 12.2 Å². The van der Waals surface area contributed by atoms with E-state index in [1.54, 1.807) is 6.92 Å². The maximum absolute atomic E-state index is 11.2. The Morgan fingerprint density at radius 2 is 1.67 bits per heavy atom. The van der Waals surface area contributed by atoms with Gasteiger partial charge in [-0.1, -0.05) is 48.5 Å². The second kappa shape index (κ2) is 7.27. The van der Waals surface area contributed by atoms with Crippen LogP contribution in [0.25, 0.3) is 0 Å². The van der Waals surface area contributed by atoms with Crippen molar-refractivity contribution in [3.8, 4) is 0 Å². The Morgan fingerprint density at radius 1 is 1.04 bits per heavy atom. The van der Waals surface area contributed by atoms with Gasteiger partial charge in [-0.25, -0.2) is 9.78 Å². The lowest BCUT2D eigenvalue weighted by Gasteiger charge is -2.24. The predicted octanol–water partition coefficient (Wildman–Crippen LogP) is 4.36. The van der Waals surface area contributed by atoms with Gasteiger partial charge < -0.3 is 10.0 Å². The van der Waals surface area contributed by atoms with E-state index in [4.69, 9.17) is 0 Å². The summed E-state index contributed by atoms with van der Waals surface area (Å²) in [4.78, 5) is 18.2. The molecule has 0 aliphatic carbocycles. The number of benzene rings is 2. The average Bonchev–Trinajstić information content (AvgIpc) is 2.97. The van der Waals surface area contributed by atoms with E-state index >= 15 is 0 Å². The molecule has 0 fully saturated rings. The number of aromatic carboxylic acids is 1. The molecule has 0 saturated heterocycles. The average molecular weight is 338 g/mol. The largest absolute Gasteiger partial charge is 0.477 e. The Hall–Kier alpha value is -2.66. The third kappa shape index (κ3) is 3.81. The molecule has 24 heavy (non-hydrogen) atoms. The molecule has 0 atom stereocenters. The van der Waals surface area contributed by atoms with E-state index in [2.05, 4.69) is 34.1 Å². The third-order valence-corrected chi connectivity index (χ3v) is 4.83. The number of para-hydroxylation sites is 1. The van der Waals surface area contributed by atoms with Gasteiger partial charge in [0.2, 0.25) is 0 Å². The quantitative estimate of drug-likeness (QED) is 0.726. The van der Waals surface area contributed by atoms with Crippen LogP contribution in [0.5, 0.6) is 0 Å². The molecule has 0 unspecified atom stereocenters. The molecule has 5 heteroatoms. The number of aromatic nitrogens is 1. The fourth-order valence-electron chi connectivity index (χ4n) is 2.56. The van der Waals surface area contributed by atoms with Gasteiger partial charge in [-0.15, -0.1) is 11.3 Å². The second-order valence-electron chi connectivity index (χ2n) is 5.50. The summed E-state index contributed by atoms with van der Waals surface area (Å²) in [6, 6.07) is 20.3. The molecule has 0 aliphatic rings. The standard InChI is InChI=1S/C19H18N2O2S/c1-14-18(19(22)23)24-17(20-14)13-21(16-10-6-3-7-11-16)12-15-8-4-2-5-9-15/h2-11H,12-13H2,1H3,(H,22,23). The number of nitrogens with zero attached hydrogens (tertiary/aromatic N) is 2. The summed E-state index contributed by atoms with van der Waals surface area (Å²) >= 11 is 1.25. The van der Waals surface area contributed by atoms with Crippen LogP contribution in [0.3, 0.4) is 0 Å². The second-order valence-corrected chi connectivity index (χ2v) is 6.59. The number of thiazole rings is 1. The maximum atomic E-state index is 11.2. The lowest BCUT2D eigenvalue weighted by molar-refractivity contribution is 0.0701. The van der Waals surface area contributed by atoms with Crippen molar-refractivity contribution in [2.24, 2.45) is 0 Å². The number of hydrogen-bond acceptors (Lipinski definition) is 4. The summed E-state index contributed by atoms with van der Waals surface area (Å²) in [7, 11) is 0. The summed E-state index contributed by atoms with van der Waals surface area (Å²) in [6.07, 6.45) is 0. The van der Waals surface area contributed by atoms with Crippen LogP contribution in [0.4, 0.5) is 5.69 Å². The molecular weight excluding hydrogens is 320 g/mol. The highest BCUT2D eigenvalue weighted by Gasteiger charge is 2.16. The van der Waals surface area contributed by atoms with Gasteiger partial charge in [0.25, 0.3) is 0 Å². The highest BCUT2D eigenvalue weighted by Crippen LogP contribution is 2.24. The van der Waals surface area contributed by atoms with Crippen LogP contribution in [0.2, 0.25) is 0 Å². The Bertz CT molecular complexity index is 816. The SMILES string of the molecule is Cc1nc(CN(Cc2ccccc2)c2ccccc2)sc1C(=O)O. The van der Waals surface area contributed by atoms with Gasteiger partial charge in [0.1, 0.15) is 9.88 Å². The molecule has 122 valence electrons. The first kappa shape index (κ1) is 16.2. The molecule has 2 aromatic carbocycles. The number of anilines is 1. The normalized spacial score (nSPS) is 10.5. The van der Waals surface area contributed by atoms with Crippen molar-refractivity contribution in [1.82, 2.24) is 4.98 Å². The first-order valence-corrected chi connectivity index (χ1v) is 8.48. The van der Waals surface area contributed by atoms with E-state index in [-0.39, 0.29) is 0 Å². The van der Waals surface area contributed by atoms with Gasteiger partial charge in [-0.2, -0.15) is 0 Å². The Labute approximate surface area is 145 Å². The molecule has 0 spiro atoms. The van der Waals surface area contributed by atoms with Crippen molar-refractivity contribution in [3.05, 3.63) is 81.8 Å². The van der Waals surface area contributed by atoms with Gasteiger partial charge in [-0.05, 0) is 24.6 Å². The molecule has 1 N–H and O–H groups in total. The van der Waals surface area contributed by atoms with E-state index in [9.17, 15) is 9.90 Å². The molecule has 1 aromatic heterocycles. The van der Waals surface area contributed by atoms with Gasteiger partial charge in [0.15, 0.2) is 0 Å². The number of hydrogen-bond donors (Lipinski definition) is 1. The summed E-state index contributed by atoms with van der Waals surface area (Å²) in [5.41, 5.74) is 2.87. The van der Waals surface area contributed by atoms with Gasteiger partial charge >= 0.3 is 5.97 Å². The minimum absolute atomic E-state index is 0.317. The Balaban J connectivity index is 1.87. The molecule has 0 amide bonds. The van der Waals surface area contributed by atoms with Gasteiger partial charge in [-0.3, -0.25) is 0 Å². The number of carboxylic acid groups (broad SMARTS) is 1. The zero-order valence-electron chi connectivity index (χ0n) is 13.3. The number of aryl methyl sites for hydroxylation is 1. The van der Waals surface area contributed by atoms with E-state index in [1.165, 1.54) is 16.9 Å². The monoisotopic (exact) mass is 338 g/mol. The van der Waals surface area contributed by atoms with E-state index in [1.807, 2.05) is 36.4 Å². The summed E-state index contributed by atoms with van der Waals surface area (Å²) in [6.45, 7) is 3.07. The van der Waals surface area contributed by atoms with Crippen LogP contribution in [0.1, 0.15) is 25.9 Å². The van der Waals surface area contributed by atoms with Crippen LogP contribution in [0.15, 0.2) is 60.7 Å². The molecule has 0 aliphatic heterocycles. The fourth-order valence-corrected chi connectivity index (χ4v) is 3.48. The summed E-state index contributed by atoms with van der Waals surface area (Å²) < 4.78 is 0. The molecule has 0 saturated carbocycles. The zero-order chi connectivity index (χ0) is 16.9. The first-order chi connectivity index (χ1) is 11.6. The third-order valence-electron chi connectivity index (χ3n) is 3.70. The number of carbonyl (C=O) groups is 1. The lowest BCUT2D eigenvalue weighted by Crippen LogP contribution is -2.21. The van der Waals surface area contributed by atoms with Crippen molar-refractivity contribution in [2.45, 2.75) is 20.0 Å². The fraction of sp³-hybridized carbons (Fsp3) is 0.158. The minimum atomic E-state index is -0.912. The van der Waals surface area contributed by atoms with Crippen molar-refractivity contribution >= 4 is 23.0 Å². The molecule has 1 heterocycles. The predicted molar refractivity (Wildman–Crippen MR) is 96.6 cm³/mol. The molecule has 3 aromatic rings. The lowest BCUT2D eigenvalue weighted by atomic mass is 10.2. The van der Waals surface area contributed by atoms with E-state index in [0.29, 0.717) is 17.1 Å². The van der Waals surface area contributed by atoms with Gasteiger partial charge in [0, 0.05) is 12.2 Å². The topological polar surface area (TPSA) is 53.4 Å². The summed E-state index contributed by atoms with van der Waals surface area (Å²) in [5, 5.41) is 10.0. The molecular formula is C19H18N2O2S. The first-order valence-electron chi connectivity index (χ1n) is 7.67. The van der Waals surface area contributed by atoms with Crippen LogP contribution in [0, 0.1) is 6.92 Å². The molecule has 4 nitrogen and oxygen atoms in total. The molecule has 0 radical (unpaired) electrons. The van der Waals surface area contributed by atoms with Crippen molar-refractivity contribution in [2.75, 3.05) is 4.90 Å².